The Hall–Kier alpha value is -2.14. The monoisotopic (exact) mass is 259 g/mol. The summed E-state index contributed by atoms with van der Waals surface area (Å²) in [5.74, 6) is 0. The second-order valence-electron chi connectivity index (χ2n) is 3.48. The molecule has 0 radical (unpaired) electrons. The average molecular weight is 259 g/mol. The number of benzene rings is 2. The average Bonchev–Trinajstić information content (AvgIpc) is 2.40. The molecule has 0 aliphatic carbocycles. The van der Waals surface area contributed by atoms with Crippen LogP contribution in [0.15, 0.2) is 59.5 Å². The highest BCUT2D eigenvalue weighted by Crippen LogP contribution is 2.30. The molecule has 4 nitrogen and oxygen atoms in total. The maximum Gasteiger partial charge on any atom is 0.283 e. The molecule has 2 rings (SSSR count). The molecule has 0 bridgehead atoms. The van der Waals surface area contributed by atoms with E-state index in [0.717, 1.165) is 11.8 Å². The zero-order valence-electron chi connectivity index (χ0n) is 9.28. The number of rotatable bonds is 3. The van der Waals surface area contributed by atoms with Gasteiger partial charge in [0.05, 0.1) is 9.82 Å². The molecule has 0 aliphatic rings. The third kappa shape index (κ3) is 2.75. The van der Waals surface area contributed by atoms with Crippen LogP contribution in [0.2, 0.25) is 0 Å². The van der Waals surface area contributed by atoms with Gasteiger partial charge in [-0.3, -0.25) is 14.9 Å². The normalized spacial score (nSPS) is 10.0. The molecule has 0 aliphatic heterocycles. The lowest BCUT2D eigenvalue weighted by Gasteiger charge is -2.01. The fraction of sp³-hybridized carbons (Fsp3) is 0. The zero-order valence-corrected chi connectivity index (χ0v) is 10.1. The number of hydrogen-bond donors (Lipinski definition) is 0. The number of hydrogen-bond acceptors (Lipinski definition) is 4. The second-order valence-corrected chi connectivity index (χ2v) is 4.50. The summed E-state index contributed by atoms with van der Waals surface area (Å²) in [6.07, 6.45) is 0. The molecule has 0 unspecified atom stereocenters. The summed E-state index contributed by atoms with van der Waals surface area (Å²) in [4.78, 5) is 22.6. The summed E-state index contributed by atoms with van der Waals surface area (Å²) < 4.78 is 0. The Kier molecular flexibility index (Phi) is 3.74. The Bertz CT molecular complexity index is 584. The lowest BCUT2D eigenvalue weighted by Crippen LogP contribution is -1.95. The summed E-state index contributed by atoms with van der Waals surface area (Å²) in [5, 5.41) is 10.6. The summed E-state index contributed by atoms with van der Waals surface area (Å²) in [7, 11) is 0. The van der Waals surface area contributed by atoms with Crippen molar-refractivity contribution in [1.29, 1.82) is 0 Å². The van der Waals surface area contributed by atoms with Crippen molar-refractivity contribution < 1.29 is 9.72 Å². The summed E-state index contributed by atoms with van der Waals surface area (Å²) in [5.41, 5.74) is 0.479. The van der Waals surface area contributed by atoms with Crippen LogP contribution < -0.4 is 0 Å². The molecule has 0 heterocycles. The number of carbonyl (C=O) groups is 1. The first kappa shape index (κ1) is 12.3. The van der Waals surface area contributed by atoms with Crippen LogP contribution in [0.25, 0.3) is 0 Å². The minimum absolute atomic E-state index is 0.0493. The van der Waals surface area contributed by atoms with Crippen LogP contribution in [0, 0.1) is 10.1 Å². The van der Waals surface area contributed by atoms with Crippen LogP contribution in [0.4, 0.5) is 5.69 Å². The van der Waals surface area contributed by atoms with Gasteiger partial charge in [0.15, 0.2) is 0 Å². The minimum Gasteiger partial charge on any atom is -0.281 e. The SMILES string of the molecule is O=C(Sc1ccccc1[N+](=O)[O-])c1ccccc1. The van der Waals surface area contributed by atoms with Gasteiger partial charge in [0.1, 0.15) is 0 Å². The summed E-state index contributed by atoms with van der Waals surface area (Å²) in [6, 6.07) is 14.9. The number of carbonyl (C=O) groups excluding carboxylic acids is 1. The van der Waals surface area contributed by atoms with Gasteiger partial charge in [0.2, 0.25) is 5.12 Å². The number of nitro benzene ring substituents is 1. The van der Waals surface area contributed by atoms with Crippen molar-refractivity contribution in [3.8, 4) is 0 Å². The number of nitro groups is 1. The Labute approximate surface area is 108 Å². The molecule has 0 N–H and O–H groups in total. The molecule has 90 valence electrons. The third-order valence-electron chi connectivity index (χ3n) is 2.27. The molecule has 0 spiro atoms. The molecule has 0 saturated carbocycles. The van der Waals surface area contributed by atoms with Gasteiger partial charge in [-0.25, -0.2) is 0 Å². The van der Waals surface area contributed by atoms with E-state index in [-0.39, 0.29) is 10.8 Å². The van der Waals surface area contributed by atoms with Gasteiger partial charge in [-0.15, -0.1) is 0 Å². The molecular weight excluding hydrogens is 250 g/mol. The Morgan fingerprint density at radius 2 is 1.61 bits per heavy atom. The first-order valence-electron chi connectivity index (χ1n) is 5.19. The molecule has 2 aromatic rings. The van der Waals surface area contributed by atoms with Crippen molar-refractivity contribution in [2.24, 2.45) is 0 Å². The van der Waals surface area contributed by atoms with Crippen LogP contribution in [0.3, 0.4) is 0 Å². The smallest absolute Gasteiger partial charge is 0.281 e. The number of thioether (sulfide) groups is 1. The van der Waals surface area contributed by atoms with Crippen molar-refractivity contribution in [2.75, 3.05) is 0 Å². The largest absolute Gasteiger partial charge is 0.283 e. The van der Waals surface area contributed by atoms with Crippen molar-refractivity contribution >= 4 is 22.6 Å². The third-order valence-corrected chi connectivity index (χ3v) is 3.26. The molecule has 0 fully saturated rings. The van der Waals surface area contributed by atoms with E-state index in [9.17, 15) is 14.9 Å². The molecule has 2 aromatic carbocycles. The van der Waals surface area contributed by atoms with Crippen molar-refractivity contribution in [1.82, 2.24) is 0 Å². The molecule has 0 aromatic heterocycles. The van der Waals surface area contributed by atoms with Crippen LogP contribution in [-0.4, -0.2) is 10.0 Å². The molecule has 18 heavy (non-hydrogen) atoms. The molecule has 0 atom stereocenters. The predicted octanol–water partition coefficient (Wildman–Crippen LogP) is 3.53. The van der Waals surface area contributed by atoms with E-state index in [0.29, 0.717) is 10.5 Å². The first-order chi connectivity index (χ1) is 8.68. The molecule has 0 saturated heterocycles. The van der Waals surface area contributed by atoms with Gasteiger partial charge in [0, 0.05) is 11.6 Å². The second kappa shape index (κ2) is 5.46. The minimum atomic E-state index is -0.486. The van der Waals surface area contributed by atoms with Gasteiger partial charge >= 0.3 is 0 Å². The van der Waals surface area contributed by atoms with Gasteiger partial charge < -0.3 is 0 Å². The van der Waals surface area contributed by atoms with Gasteiger partial charge in [0.25, 0.3) is 5.69 Å². The Balaban J connectivity index is 2.25. The van der Waals surface area contributed by atoms with Crippen LogP contribution in [-0.2, 0) is 0 Å². The fourth-order valence-electron chi connectivity index (χ4n) is 1.43. The topological polar surface area (TPSA) is 60.2 Å². The van der Waals surface area contributed by atoms with E-state index in [1.165, 1.54) is 6.07 Å². The van der Waals surface area contributed by atoms with E-state index >= 15 is 0 Å². The van der Waals surface area contributed by atoms with E-state index in [4.69, 9.17) is 0 Å². The molecular formula is C13H9NO3S. The van der Waals surface area contributed by atoms with Gasteiger partial charge in [-0.1, -0.05) is 42.5 Å². The Morgan fingerprint density at radius 1 is 1.00 bits per heavy atom. The quantitative estimate of drug-likeness (QED) is 0.480. The highest BCUT2D eigenvalue weighted by atomic mass is 32.2. The lowest BCUT2D eigenvalue weighted by atomic mass is 10.2. The van der Waals surface area contributed by atoms with E-state index in [1.54, 1.807) is 42.5 Å². The number of nitrogens with zero attached hydrogens (tertiary/aromatic N) is 1. The van der Waals surface area contributed by atoms with Crippen molar-refractivity contribution in [3.05, 3.63) is 70.3 Å². The number of para-hydroxylation sites is 1. The predicted molar refractivity (Wildman–Crippen MR) is 69.7 cm³/mol. The maximum absolute atomic E-state index is 11.9. The highest BCUT2D eigenvalue weighted by molar-refractivity contribution is 8.14. The summed E-state index contributed by atoms with van der Waals surface area (Å²) >= 11 is 0.871. The van der Waals surface area contributed by atoms with Crippen molar-refractivity contribution in [2.45, 2.75) is 4.90 Å². The zero-order chi connectivity index (χ0) is 13.0. The highest BCUT2D eigenvalue weighted by Gasteiger charge is 2.17. The van der Waals surface area contributed by atoms with Crippen molar-refractivity contribution in [3.63, 3.8) is 0 Å². The Morgan fingerprint density at radius 3 is 2.28 bits per heavy atom. The van der Waals surface area contributed by atoms with Crippen LogP contribution >= 0.6 is 11.8 Å². The van der Waals surface area contributed by atoms with Crippen LogP contribution in [0.1, 0.15) is 10.4 Å². The maximum atomic E-state index is 11.9. The van der Waals surface area contributed by atoms with Gasteiger partial charge in [-0.2, -0.15) is 0 Å². The van der Waals surface area contributed by atoms with Gasteiger partial charge in [-0.05, 0) is 17.8 Å². The standard InChI is InChI=1S/C13H9NO3S/c15-13(10-6-2-1-3-7-10)18-12-9-5-4-8-11(12)14(16)17/h1-9H. The lowest BCUT2D eigenvalue weighted by molar-refractivity contribution is -0.387. The molecule has 0 amide bonds. The van der Waals surface area contributed by atoms with E-state index in [1.807, 2.05) is 6.07 Å². The first-order valence-corrected chi connectivity index (χ1v) is 6.01. The molecule has 5 heteroatoms. The fourth-order valence-corrected chi connectivity index (χ4v) is 2.27. The van der Waals surface area contributed by atoms with Crippen LogP contribution in [0.5, 0.6) is 0 Å². The van der Waals surface area contributed by atoms with E-state index < -0.39 is 4.92 Å². The van der Waals surface area contributed by atoms with E-state index in [2.05, 4.69) is 0 Å². The summed E-state index contributed by atoms with van der Waals surface area (Å²) in [6.45, 7) is 0.